The molecule has 2 unspecified atom stereocenters. The summed E-state index contributed by atoms with van der Waals surface area (Å²) in [4.78, 5) is 37.0. The zero-order valence-electron chi connectivity index (χ0n) is 35.6. The van der Waals surface area contributed by atoms with Gasteiger partial charge in [-0.3, -0.25) is 9.59 Å². The zero-order chi connectivity index (χ0) is 40.0. The van der Waals surface area contributed by atoms with Gasteiger partial charge in [-0.05, 0) is 44.9 Å². The summed E-state index contributed by atoms with van der Waals surface area (Å²) in [6.45, 7) is 4.83. The molecule has 9 nitrogen and oxygen atoms in total. The Morgan fingerprint density at radius 1 is 0.556 bits per heavy atom. The molecule has 316 valence electrons. The van der Waals surface area contributed by atoms with Gasteiger partial charge in [0.15, 0.2) is 6.10 Å². The SMILES string of the molecule is CCCCC/C=C\C/C=C\CCCCCCCC(=O)OC(COC(=O)CCCCCCCCCCCCCCCC)COC(OCC[N+](C)(C)C)C(=O)O. The van der Waals surface area contributed by atoms with Crippen LogP contribution in [0.3, 0.4) is 0 Å². The third kappa shape index (κ3) is 38.1. The number of allylic oxidation sites excluding steroid dienone is 4. The second kappa shape index (κ2) is 37.7. The fourth-order valence-corrected chi connectivity index (χ4v) is 5.98. The Labute approximate surface area is 331 Å². The van der Waals surface area contributed by atoms with Gasteiger partial charge in [0.2, 0.25) is 0 Å². The number of aliphatic carboxylic acids is 1. The number of quaternary nitrogens is 1. The molecule has 0 aliphatic rings. The molecule has 0 fully saturated rings. The van der Waals surface area contributed by atoms with Crippen LogP contribution in [0.4, 0.5) is 0 Å². The summed E-state index contributed by atoms with van der Waals surface area (Å²) in [7, 11) is 5.95. The van der Waals surface area contributed by atoms with E-state index < -0.39 is 24.3 Å². The van der Waals surface area contributed by atoms with E-state index >= 15 is 0 Å². The Morgan fingerprint density at radius 2 is 1.00 bits per heavy atom. The predicted molar refractivity (Wildman–Crippen MR) is 221 cm³/mol. The maximum atomic E-state index is 12.7. The molecule has 54 heavy (non-hydrogen) atoms. The van der Waals surface area contributed by atoms with Gasteiger partial charge in [0.1, 0.15) is 13.2 Å². The highest BCUT2D eigenvalue weighted by atomic mass is 16.7. The van der Waals surface area contributed by atoms with E-state index in [0.717, 1.165) is 57.8 Å². The first-order valence-electron chi connectivity index (χ1n) is 22.0. The molecule has 9 heteroatoms. The highest BCUT2D eigenvalue weighted by Gasteiger charge is 2.25. The highest BCUT2D eigenvalue weighted by Crippen LogP contribution is 2.14. The molecule has 0 rings (SSSR count). The fraction of sp³-hybridized carbons (Fsp3) is 0.844. The number of hydrogen-bond acceptors (Lipinski definition) is 7. The highest BCUT2D eigenvalue weighted by molar-refractivity contribution is 5.71. The number of nitrogens with zero attached hydrogens (tertiary/aromatic N) is 1. The van der Waals surface area contributed by atoms with Crippen LogP contribution in [0.5, 0.6) is 0 Å². The average molecular weight is 767 g/mol. The van der Waals surface area contributed by atoms with Gasteiger partial charge < -0.3 is 28.5 Å². The van der Waals surface area contributed by atoms with E-state index in [1.54, 1.807) is 0 Å². The molecule has 0 aliphatic heterocycles. The van der Waals surface area contributed by atoms with E-state index in [9.17, 15) is 19.5 Å². The van der Waals surface area contributed by atoms with Crippen LogP contribution in [0, 0.1) is 0 Å². The monoisotopic (exact) mass is 767 g/mol. The lowest BCUT2D eigenvalue weighted by Crippen LogP contribution is -2.40. The van der Waals surface area contributed by atoms with Crippen molar-refractivity contribution in [2.75, 3.05) is 47.5 Å². The fourth-order valence-electron chi connectivity index (χ4n) is 5.98. The average Bonchev–Trinajstić information content (AvgIpc) is 3.12. The molecule has 2 atom stereocenters. The summed E-state index contributed by atoms with van der Waals surface area (Å²) in [6, 6.07) is 0. The second-order valence-electron chi connectivity index (χ2n) is 16.0. The van der Waals surface area contributed by atoms with Gasteiger partial charge in [-0.15, -0.1) is 0 Å². The maximum absolute atomic E-state index is 12.7. The van der Waals surface area contributed by atoms with Crippen molar-refractivity contribution in [3.05, 3.63) is 24.3 Å². The van der Waals surface area contributed by atoms with E-state index in [1.165, 1.54) is 96.3 Å². The minimum atomic E-state index is -1.51. The van der Waals surface area contributed by atoms with Crippen molar-refractivity contribution in [2.45, 2.75) is 200 Å². The van der Waals surface area contributed by atoms with Gasteiger partial charge in [0, 0.05) is 12.8 Å². The molecular weight excluding hydrogens is 682 g/mol. The van der Waals surface area contributed by atoms with Crippen LogP contribution in [0.2, 0.25) is 0 Å². The number of carbonyl (C=O) groups is 3. The second-order valence-corrected chi connectivity index (χ2v) is 16.0. The Hall–Kier alpha value is -2.23. The first-order chi connectivity index (χ1) is 26.1. The van der Waals surface area contributed by atoms with Gasteiger partial charge in [-0.2, -0.15) is 0 Å². The number of esters is 2. The number of rotatable bonds is 40. The van der Waals surface area contributed by atoms with E-state index in [1.807, 2.05) is 21.1 Å². The third-order valence-corrected chi connectivity index (χ3v) is 9.46. The van der Waals surface area contributed by atoms with Crippen LogP contribution in [0.1, 0.15) is 187 Å². The number of carboxylic acids is 1. The molecule has 0 aromatic heterocycles. The van der Waals surface area contributed by atoms with E-state index in [2.05, 4.69) is 38.2 Å². The summed E-state index contributed by atoms with van der Waals surface area (Å²) in [5.41, 5.74) is 0. The van der Waals surface area contributed by atoms with Crippen LogP contribution < -0.4 is 0 Å². The van der Waals surface area contributed by atoms with Crippen LogP contribution in [0.15, 0.2) is 24.3 Å². The molecule has 1 N–H and O–H groups in total. The molecule has 0 spiro atoms. The Morgan fingerprint density at radius 3 is 1.50 bits per heavy atom. The largest absolute Gasteiger partial charge is 0.477 e. The van der Waals surface area contributed by atoms with Crippen molar-refractivity contribution < 1.29 is 42.9 Å². The number of hydrogen-bond donors (Lipinski definition) is 1. The van der Waals surface area contributed by atoms with Crippen molar-refractivity contribution >= 4 is 17.9 Å². The lowest BCUT2D eigenvalue weighted by molar-refractivity contribution is -0.870. The number of carboxylic acid groups (broad SMARTS) is 1. The molecule has 0 bridgehead atoms. The predicted octanol–water partition coefficient (Wildman–Crippen LogP) is 11.3. The van der Waals surface area contributed by atoms with Crippen molar-refractivity contribution in [1.29, 1.82) is 0 Å². The minimum Gasteiger partial charge on any atom is -0.477 e. The van der Waals surface area contributed by atoms with E-state index in [-0.39, 0.29) is 32.2 Å². The minimum absolute atomic E-state index is 0.184. The lowest BCUT2D eigenvalue weighted by atomic mass is 10.0. The topological polar surface area (TPSA) is 108 Å². The normalized spacial score (nSPS) is 13.1. The molecule has 0 saturated heterocycles. The lowest BCUT2D eigenvalue weighted by Gasteiger charge is -2.25. The van der Waals surface area contributed by atoms with E-state index in [4.69, 9.17) is 18.9 Å². The Kier molecular flexibility index (Phi) is 36.1. The van der Waals surface area contributed by atoms with Gasteiger partial charge in [-0.1, -0.05) is 154 Å². The third-order valence-electron chi connectivity index (χ3n) is 9.46. The summed E-state index contributed by atoms with van der Waals surface area (Å²) in [5, 5.41) is 9.62. The van der Waals surface area contributed by atoms with Crippen molar-refractivity contribution in [3.63, 3.8) is 0 Å². The van der Waals surface area contributed by atoms with Gasteiger partial charge in [0.05, 0.1) is 34.4 Å². The molecule has 0 saturated carbocycles. The van der Waals surface area contributed by atoms with Crippen LogP contribution >= 0.6 is 0 Å². The van der Waals surface area contributed by atoms with Crippen LogP contribution in [0.25, 0.3) is 0 Å². The first kappa shape index (κ1) is 51.8. The Bertz CT molecular complexity index is 944. The molecule has 0 heterocycles. The smallest absolute Gasteiger partial charge is 0.361 e. The number of unbranched alkanes of at least 4 members (excludes halogenated alkanes) is 21. The van der Waals surface area contributed by atoms with Crippen LogP contribution in [-0.2, 0) is 33.3 Å². The number of carbonyl (C=O) groups excluding carboxylic acids is 2. The quantitative estimate of drug-likeness (QED) is 0.0216. The van der Waals surface area contributed by atoms with Crippen molar-refractivity contribution in [3.8, 4) is 0 Å². The van der Waals surface area contributed by atoms with Gasteiger partial charge >= 0.3 is 17.9 Å². The number of ether oxygens (including phenoxy) is 4. The summed E-state index contributed by atoms with van der Waals surface area (Å²) >= 11 is 0. The first-order valence-corrected chi connectivity index (χ1v) is 22.0. The Balaban J connectivity index is 4.47. The van der Waals surface area contributed by atoms with Gasteiger partial charge in [-0.25, -0.2) is 4.79 Å². The molecule has 0 aromatic carbocycles. The zero-order valence-corrected chi connectivity index (χ0v) is 35.6. The van der Waals surface area contributed by atoms with Gasteiger partial charge in [0.25, 0.3) is 6.29 Å². The van der Waals surface area contributed by atoms with Crippen LogP contribution in [-0.4, -0.2) is 87.4 Å². The maximum Gasteiger partial charge on any atom is 0.361 e. The molecular formula is C45H84NO8+. The van der Waals surface area contributed by atoms with E-state index in [0.29, 0.717) is 23.9 Å². The summed E-state index contributed by atoms with van der Waals surface area (Å²) in [6.07, 6.45) is 36.6. The summed E-state index contributed by atoms with van der Waals surface area (Å²) < 4.78 is 22.7. The molecule has 0 radical (unpaired) electrons. The summed E-state index contributed by atoms with van der Waals surface area (Å²) in [5.74, 6) is -2.02. The molecule has 0 aromatic rings. The standard InChI is InChI=1S/C45H83NO8/c1-6-8-10-12-14-16-18-20-22-24-26-28-30-32-34-36-43(48)54-41(40-53-45(44(49)50)51-38-37-46(3,4)5)39-52-42(47)35-33-31-29-27-25-23-21-19-17-15-13-11-9-7-2/h14,16,20,22,41,45H,6-13,15,17-19,21,23-40H2,1-5H3/p+1/b16-14-,22-20-. The number of likely N-dealkylation sites (N-methyl/N-ethyl adjacent to an activating group) is 1. The van der Waals surface area contributed by atoms with Crippen molar-refractivity contribution in [2.24, 2.45) is 0 Å². The molecule has 0 amide bonds. The molecule has 0 aliphatic carbocycles. The van der Waals surface area contributed by atoms with Crippen molar-refractivity contribution in [1.82, 2.24) is 0 Å².